The van der Waals surface area contributed by atoms with E-state index in [1.807, 2.05) is 0 Å². The van der Waals surface area contributed by atoms with Crippen molar-refractivity contribution >= 4 is 20.5 Å². The van der Waals surface area contributed by atoms with Crippen LogP contribution in [0.1, 0.15) is 58.8 Å². The van der Waals surface area contributed by atoms with Crippen LogP contribution in [0.25, 0.3) is 0 Å². The molecule has 1 aliphatic rings. The van der Waals surface area contributed by atoms with E-state index in [-0.39, 0.29) is 0 Å². The van der Waals surface area contributed by atoms with Crippen LogP contribution in [0.4, 0.5) is 0 Å². The molecule has 0 N–H and O–H groups in total. The molecule has 0 aromatic heterocycles. The Kier molecular flexibility index (Phi) is 3.79. The first kappa shape index (κ1) is 11.5. The monoisotopic (exact) mass is 198 g/mol. The van der Waals surface area contributed by atoms with Crippen LogP contribution in [-0.2, 0) is 0 Å². The van der Waals surface area contributed by atoms with Crippen molar-refractivity contribution in [3.05, 3.63) is 0 Å². The van der Waals surface area contributed by atoms with Crippen molar-refractivity contribution in [2.45, 2.75) is 63.4 Å². The molecule has 0 bridgehead atoms. The first-order valence-corrected chi connectivity index (χ1v) is 6.21. The molecule has 0 amide bonds. The van der Waals surface area contributed by atoms with Crippen molar-refractivity contribution in [2.75, 3.05) is 0 Å². The summed E-state index contributed by atoms with van der Waals surface area (Å²) in [5.74, 6) is 0. The third-order valence-corrected chi connectivity index (χ3v) is 4.09. The molecule has 0 aromatic carbocycles. The Morgan fingerprint density at radius 2 is 2.00 bits per heavy atom. The zero-order valence-corrected chi connectivity index (χ0v) is 10.3. The number of hydrogen-bond acceptors (Lipinski definition) is 1. The molecule has 0 saturated heterocycles. The molecule has 2 atom stereocenters. The minimum absolute atomic E-state index is 0.309. The average Bonchev–Trinajstić information content (AvgIpc) is 2.03. The van der Waals surface area contributed by atoms with E-state index < -0.39 is 0 Å². The van der Waals surface area contributed by atoms with E-state index in [1.54, 1.807) is 0 Å². The first-order chi connectivity index (χ1) is 6.04. The van der Waals surface area contributed by atoms with Gasteiger partial charge in [0.25, 0.3) is 0 Å². The quantitative estimate of drug-likeness (QED) is 0.523. The average molecular weight is 198 g/mol. The summed E-state index contributed by atoms with van der Waals surface area (Å²) in [6.07, 6.45) is 9.53. The summed E-state index contributed by atoms with van der Waals surface area (Å²) in [5.41, 5.74) is 0.628. The first-order valence-electron chi connectivity index (χ1n) is 5.76. The van der Waals surface area contributed by atoms with Crippen molar-refractivity contribution < 1.29 is 0 Å². The minimum atomic E-state index is 0.309. The summed E-state index contributed by atoms with van der Waals surface area (Å²) in [6, 6.07) is 0. The highest BCUT2D eigenvalue weighted by Crippen LogP contribution is 2.48. The Morgan fingerprint density at radius 1 is 1.31 bits per heavy atom. The van der Waals surface area contributed by atoms with Gasteiger partial charge in [-0.1, -0.05) is 33.1 Å². The normalized spacial score (nSPS) is 40.5. The molecule has 1 saturated carbocycles. The predicted molar refractivity (Wildman–Crippen MR) is 66.4 cm³/mol. The summed E-state index contributed by atoms with van der Waals surface area (Å²) in [6.45, 7) is 4.66. The van der Waals surface area contributed by atoms with Gasteiger partial charge in [0.05, 0.1) is 0 Å². The number of rotatable bonds is 3. The summed E-state index contributed by atoms with van der Waals surface area (Å²) >= 11 is 4.78. The Bertz CT molecular complexity index is 163. The lowest BCUT2D eigenvalue weighted by atomic mass is 9.60. The van der Waals surface area contributed by atoms with Crippen LogP contribution in [0, 0.1) is 5.41 Å². The van der Waals surface area contributed by atoms with Crippen molar-refractivity contribution in [1.82, 2.24) is 0 Å². The van der Waals surface area contributed by atoms with Gasteiger partial charge in [-0.25, -0.2) is 0 Å². The van der Waals surface area contributed by atoms with Crippen LogP contribution in [0.5, 0.6) is 0 Å². The zero-order valence-electron chi connectivity index (χ0n) is 9.40. The molecule has 0 nitrogen and oxygen atoms in total. The molecule has 0 spiro atoms. The van der Waals surface area contributed by atoms with E-state index >= 15 is 0 Å². The van der Waals surface area contributed by atoms with Crippen LogP contribution in [0.2, 0.25) is 0 Å². The largest absolute Gasteiger partial charge is 0.182 e. The molecule has 1 fully saturated rings. The van der Waals surface area contributed by atoms with Gasteiger partial charge in [-0.05, 0) is 35.7 Å². The van der Waals surface area contributed by atoms with Crippen LogP contribution in [0.15, 0.2) is 0 Å². The molecular formula is C11H23BS. The highest BCUT2D eigenvalue weighted by molar-refractivity contribution is 7.83. The van der Waals surface area contributed by atoms with E-state index in [9.17, 15) is 0 Å². The smallest absolute Gasteiger partial charge is 0.122 e. The van der Waals surface area contributed by atoms with E-state index in [0.717, 1.165) is 0 Å². The maximum Gasteiger partial charge on any atom is 0.122 e. The molecule has 1 aliphatic carbocycles. The second kappa shape index (κ2) is 4.29. The Balaban J connectivity index is 2.64. The van der Waals surface area contributed by atoms with Crippen molar-refractivity contribution in [3.63, 3.8) is 0 Å². The zero-order chi connectivity index (χ0) is 9.95. The highest BCUT2D eigenvalue weighted by atomic mass is 32.1. The molecule has 0 aromatic rings. The third kappa shape index (κ3) is 2.94. The van der Waals surface area contributed by atoms with E-state index in [4.69, 9.17) is 12.6 Å². The molecule has 0 heterocycles. The second-order valence-corrected chi connectivity index (χ2v) is 6.21. The lowest BCUT2D eigenvalue weighted by molar-refractivity contribution is 0.158. The Labute approximate surface area is 89.7 Å². The number of thiol groups is 1. The molecule has 2 heteroatoms. The lowest BCUT2D eigenvalue weighted by Crippen LogP contribution is -2.37. The molecular weight excluding hydrogens is 175 g/mol. The van der Waals surface area contributed by atoms with Crippen LogP contribution < -0.4 is 0 Å². The molecule has 1 rings (SSSR count). The molecule has 2 unspecified atom stereocenters. The minimum Gasteiger partial charge on any atom is -0.182 e. The topological polar surface area (TPSA) is 0 Å². The van der Waals surface area contributed by atoms with Crippen LogP contribution >= 0.6 is 12.6 Å². The van der Waals surface area contributed by atoms with Crippen LogP contribution in [0.3, 0.4) is 0 Å². The highest BCUT2D eigenvalue weighted by Gasteiger charge is 2.38. The van der Waals surface area contributed by atoms with Gasteiger partial charge in [0, 0.05) is 0 Å². The van der Waals surface area contributed by atoms with Gasteiger partial charge in [0.1, 0.15) is 7.85 Å². The Morgan fingerprint density at radius 3 is 2.46 bits per heavy atom. The fourth-order valence-corrected chi connectivity index (χ4v) is 3.54. The molecule has 0 radical (unpaired) electrons. The molecule has 13 heavy (non-hydrogen) atoms. The van der Waals surface area contributed by atoms with Crippen molar-refractivity contribution in [1.29, 1.82) is 0 Å². The maximum atomic E-state index is 4.78. The summed E-state index contributed by atoms with van der Waals surface area (Å²) in [5, 5.41) is 0. The van der Waals surface area contributed by atoms with Crippen molar-refractivity contribution in [2.24, 2.45) is 5.41 Å². The SMILES string of the molecule is BC1(S)CCCC(CC)(CCC)C1. The van der Waals surface area contributed by atoms with Gasteiger partial charge in [-0.3, -0.25) is 0 Å². The predicted octanol–water partition coefficient (Wildman–Crippen LogP) is 3.02. The summed E-state index contributed by atoms with van der Waals surface area (Å²) in [7, 11) is 2.31. The van der Waals surface area contributed by atoms with Gasteiger partial charge in [-0.2, -0.15) is 12.6 Å². The fraction of sp³-hybridized carbons (Fsp3) is 1.00. The third-order valence-electron chi connectivity index (χ3n) is 3.71. The Hall–Kier alpha value is 0.415. The van der Waals surface area contributed by atoms with E-state index in [1.165, 1.54) is 44.9 Å². The number of hydrogen-bond donors (Lipinski definition) is 1. The van der Waals surface area contributed by atoms with E-state index in [0.29, 0.717) is 10.1 Å². The summed E-state index contributed by atoms with van der Waals surface area (Å²) < 4.78 is 0.309. The van der Waals surface area contributed by atoms with Crippen LogP contribution in [-0.4, -0.2) is 12.5 Å². The maximum absolute atomic E-state index is 4.78. The van der Waals surface area contributed by atoms with Gasteiger partial charge < -0.3 is 0 Å². The molecule has 0 aliphatic heterocycles. The van der Waals surface area contributed by atoms with E-state index in [2.05, 4.69) is 21.7 Å². The van der Waals surface area contributed by atoms with Gasteiger partial charge in [0.2, 0.25) is 0 Å². The summed E-state index contributed by atoms with van der Waals surface area (Å²) in [4.78, 5) is 0. The van der Waals surface area contributed by atoms with Gasteiger partial charge >= 0.3 is 0 Å². The fourth-order valence-electron chi connectivity index (χ4n) is 3.05. The lowest BCUT2D eigenvalue weighted by Gasteiger charge is -2.44. The van der Waals surface area contributed by atoms with Gasteiger partial charge in [0.15, 0.2) is 0 Å². The van der Waals surface area contributed by atoms with Crippen molar-refractivity contribution in [3.8, 4) is 0 Å². The van der Waals surface area contributed by atoms with Gasteiger partial charge in [-0.15, -0.1) is 0 Å². The molecule has 76 valence electrons. The standard InChI is InChI=1S/C11H23BS/c1-3-6-10(4-2)7-5-8-11(12,13)9-10/h13H,3-9,12H2,1-2H3. The second-order valence-electron chi connectivity index (χ2n) is 5.13.